The molecule has 4 heteroatoms. The average molecular weight is 336 g/mol. The Morgan fingerprint density at radius 2 is 2.00 bits per heavy atom. The van der Waals surface area contributed by atoms with Crippen molar-refractivity contribution < 1.29 is 9.84 Å². The van der Waals surface area contributed by atoms with Crippen LogP contribution in [0.3, 0.4) is 0 Å². The van der Waals surface area contributed by atoms with Crippen LogP contribution in [-0.4, -0.2) is 11.7 Å². The third-order valence-electron chi connectivity index (χ3n) is 2.86. The number of phenolic OH excluding ortho intramolecular Hbond substituents is 1. The molecular weight excluding hydrogens is 318 g/mol. The van der Waals surface area contributed by atoms with Gasteiger partial charge in [-0.15, -0.1) is 0 Å². The van der Waals surface area contributed by atoms with E-state index < -0.39 is 0 Å². The first-order valence-electron chi connectivity index (χ1n) is 6.54. The van der Waals surface area contributed by atoms with E-state index in [0.717, 1.165) is 15.7 Å². The van der Waals surface area contributed by atoms with E-state index in [0.29, 0.717) is 18.9 Å². The Bertz CT molecular complexity index is 579. The van der Waals surface area contributed by atoms with Crippen LogP contribution in [0.4, 0.5) is 5.69 Å². The monoisotopic (exact) mass is 335 g/mol. The zero-order valence-corrected chi connectivity index (χ0v) is 13.2. The van der Waals surface area contributed by atoms with E-state index >= 15 is 0 Å². The first-order valence-corrected chi connectivity index (χ1v) is 7.33. The van der Waals surface area contributed by atoms with Crippen LogP contribution in [0.25, 0.3) is 0 Å². The molecular formula is C16H18BrNO2. The smallest absolute Gasteiger partial charge is 0.161 e. The second kappa shape index (κ2) is 6.66. The molecule has 0 aromatic heterocycles. The normalized spacial score (nSPS) is 10.3. The number of hydrogen-bond donors (Lipinski definition) is 2. The highest BCUT2D eigenvalue weighted by Crippen LogP contribution is 2.27. The van der Waals surface area contributed by atoms with Crippen molar-refractivity contribution in [1.82, 2.24) is 0 Å². The number of aryl methyl sites for hydroxylation is 1. The lowest BCUT2D eigenvalue weighted by Crippen LogP contribution is -2.00. The van der Waals surface area contributed by atoms with Crippen molar-refractivity contribution in [3.8, 4) is 11.5 Å². The number of hydrogen-bond acceptors (Lipinski definition) is 3. The van der Waals surface area contributed by atoms with E-state index in [1.165, 1.54) is 5.56 Å². The highest BCUT2D eigenvalue weighted by Gasteiger charge is 2.04. The van der Waals surface area contributed by atoms with Gasteiger partial charge in [-0.3, -0.25) is 0 Å². The molecule has 0 fully saturated rings. The summed E-state index contributed by atoms with van der Waals surface area (Å²) in [5.74, 6) is 0.700. The molecule has 2 N–H and O–H groups in total. The maximum Gasteiger partial charge on any atom is 0.161 e. The van der Waals surface area contributed by atoms with Gasteiger partial charge in [-0.05, 0) is 55.3 Å². The molecule has 0 amide bonds. The molecule has 20 heavy (non-hydrogen) atoms. The fraction of sp³-hybridized carbons (Fsp3) is 0.250. The minimum absolute atomic E-state index is 0.175. The largest absolute Gasteiger partial charge is 0.504 e. The zero-order valence-electron chi connectivity index (χ0n) is 11.6. The Hall–Kier alpha value is -1.68. The van der Waals surface area contributed by atoms with Crippen LogP contribution in [-0.2, 0) is 6.54 Å². The summed E-state index contributed by atoms with van der Waals surface area (Å²) in [6.07, 6.45) is 0. The molecule has 0 heterocycles. The summed E-state index contributed by atoms with van der Waals surface area (Å²) in [4.78, 5) is 0. The quantitative estimate of drug-likeness (QED) is 0.846. The van der Waals surface area contributed by atoms with Crippen LogP contribution in [0.1, 0.15) is 18.1 Å². The average Bonchev–Trinajstić information content (AvgIpc) is 2.39. The summed E-state index contributed by atoms with van der Waals surface area (Å²) in [7, 11) is 0. The maximum absolute atomic E-state index is 9.67. The molecule has 2 rings (SSSR count). The molecule has 0 bridgehead atoms. The van der Waals surface area contributed by atoms with Crippen molar-refractivity contribution in [2.75, 3.05) is 11.9 Å². The van der Waals surface area contributed by atoms with Crippen LogP contribution >= 0.6 is 15.9 Å². The van der Waals surface area contributed by atoms with E-state index in [-0.39, 0.29) is 5.75 Å². The Morgan fingerprint density at radius 3 is 2.70 bits per heavy atom. The Kier molecular flexibility index (Phi) is 4.90. The van der Waals surface area contributed by atoms with Gasteiger partial charge in [0.05, 0.1) is 6.61 Å². The minimum Gasteiger partial charge on any atom is -0.504 e. The van der Waals surface area contributed by atoms with Crippen molar-refractivity contribution in [2.45, 2.75) is 20.4 Å². The summed E-state index contributed by atoms with van der Waals surface area (Å²) >= 11 is 3.49. The van der Waals surface area contributed by atoms with Gasteiger partial charge in [-0.1, -0.05) is 22.0 Å². The van der Waals surface area contributed by atoms with Crippen LogP contribution < -0.4 is 10.1 Å². The predicted molar refractivity (Wildman–Crippen MR) is 85.5 cm³/mol. The molecule has 0 aliphatic carbocycles. The van der Waals surface area contributed by atoms with E-state index in [4.69, 9.17) is 4.74 Å². The Labute approximate surface area is 127 Å². The van der Waals surface area contributed by atoms with Gasteiger partial charge in [-0.2, -0.15) is 0 Å². The first-order chi connectivity index (χ1) is 9.58. The van der Waals surface area contributed by atoms with Gasteiger partial charge in [0.2, 0.25) is 0 Å². The van der Waals surface area contributed by atoms with Crippen LogP contribution in [0, 0.1) is 6.92 Å². The van der Waals surface area contributed by atoms with E-state index in [1.807, 2.05) is 25.1 Å². The lowest BCUT2D eigenvalue weighted by atomic mass is 10.2. The molecule has 0 unspecified atom stereocenters. The Balaban J connectivity index is 2.08. The van der Waals surface area contributed by atoms with Crippen molar-refractivity contribution in [3.63, 3.8) is 0 Å². The van der Waals surface area contributed by atoms with Gasteiger partial charge < -0.3 is 15.2 Å². The number of ether oxygens (including phenoxy) is 1. The third kappa shape index (κ3) is 3.90. The van der Waals surface area contributed by atoms with Crippen LogP contribution in [0.5, 0.6) is 11.5 Å². The molecule has 2 aromatic rings. The molecule has 0 radical (unpaired) electrons. The number of rotatable bonds is 5. The van der Waals surface area contributed by atoms with Crippen LogP contribution in [0.2, 0.25) is 0 Å². The molecule has 0 aliphatic heterocycles. The predicted octanol–water partition coefficient (Wildman–Crippen LogP) is 4.47. The van der Waals surface area contributed by atoms with Gasteiger partial charge >= 0.3 is 0 Å². The summed E-state index contributed by atoms with van der Waals surface area (Å²) in [5.41, 5.74) is 3.31. The topological polar surface area (TPSA) is 41.5 Å². The molecule has 0 saturated heterocycles. The first kappa shape index (κ1) is 14.7. The number of halogens is 1. The van der Waals surface area contributed by atoms with Crippen molar-refractivity contribution in [3.05, 3.63) is 52.0 Å². The SMILES string of the molecule is CCOc1cc(CNc2cc(C)cc(Br)c2)ccc1O. The second-order valence-corrected chi connectivity index (χ2v) is 5.52. The molecule has 0 atom stereocenters. The fourth-order valence-electron chi connectivity index (χ4n) is 1.98. The molecule has 106 valence electrons. The summed E-state index contributed by atoms with van der Waals surface area (Å²) in [6.45, 7) is 5.17. The van der Waals surface area contributed by atoms with Gasteiger partial charge in [0, 0.05) is 16.7 Å². The molecule has 3 nitrogen and oxygen atoms in total. The number of aromatic hydroxyl groups is 1. The van der Waals surface area contributed by atoms with E-state index in [1.54, 1.807) is 6.07 Å². The second-order valence-electron chi connectivity index (χ2n) is 4.61. The number of phenols is 1. The van der Waals surface area contributed by atoms with E-state index in [2.05, 4.69) is 40.3 Å². The maximum atomic E-state index is 9.67. The highest BCUT2D eigenvalue weighted by atomic mass is 79.9. The van der Waals surface area contributed by atoms with E-state index in [9.17, 15) is 5.11 Å². The standard InChI is InChI=1S/C16H18BrNO2/c1-3-20-16-8-12(4-5-15(16)19)10-18-14-7-11(2)6-13(17)9-14/h4-9,18-19H,3,10H2,1-2H3. The minimum atomic E-state index is 0.175. The van der Waals surface area contributed by atoms with Gasteiger partial charge in [0.1, 0.15) is 0 Å². The lowest BCUT2D eigenvalue weighted by Gasteiger charge is -2.11. The number of anilines is 1. The third-order valence-corrected chi connectivity index (χ3v) is 3.32. The van der Waals surface area contributed by atoms with Crippen molar-refractivity contribution >= 4 is 21.6 Å². The Morgan fingerprint density at radius 1 is 1.20 bits per heavy atom. The number of nitrogens with one attached hydrogen (secondary N) is 1. The van der Waals surface area contributed by atoms with Gasteiger partial charge in [0.25, 0.3) is 0 Å². The molecule has 0 aliphatic rings. The van der Waals surface area contributed by atoms with Gasteiger partial charge in [-0.25, -0.2) is 0 Å². The zero-order chi connectivity index (χ0) is 14.5. The van der Waals surface area contributed by atoms with Gasteiger partial charge in [0.15, 0.2) is 11.5 Å². The highest BCUT2D eigenvalue weighted by molar-refractivity contribution is 9.10. The van der Waals surface area contributed by atoms with Crippen molar-refractivity contribution in [2.24, 2.45) is 0 Å². The summed E-state index contributed by atoms with van der Waals surface area (Å²) < 4.78 is 6.44. The van der Waals surface area contributed by atoms with Crippen LogP contribution in [0.15, 0.2) is 40.9 Å². The van der Waals surface area contributed by atoms with Crippen molar-refractivity contribution in [1.29, 1.82) is 0 Å². The number of benzene rings is 2. The molecule has 2 aromatic carbocycles. The fourth-order valence-corrected chi connectivity index (χ4v) is 2.59. The molecule has 0 spiro atoms. The summed E-state index contributed by atoms with van der Waals surface area (Å²) in [5, 5.41) is 13.0. The molecule has 0 saturated carbocycles. The lowest BCUT2D eigenvalue weighted by molar-refractivity contribution is 0.318. The summed E-state index contributed by atoms with van der Waals surface area (Å²) in [6, 6.07) is 11.6.